The van der Waals surface area contributed by atoms with E-state index >= 15 is 13.2 Å². The van der Waals surface area contributed by atoms with Gasteiger partial charge in [-0.1, -0.05) is 6.92 Å². The van der Waals surface area contributed by atoms with Crippen molar-refractivity contribution in [1.29, 1.82) is 0 Å². The second-order valence-corrected chi connectivity index (χ2v) is 11.3. The van der Waals surface area contributed by atoms with Crippen molar-refractivity contribution in [1.82, 2.24) is 19.6 Å². The van der Waals surface area contributed by atoms with Crippen molar-refractivity contribution in [2.24, 2.45) is 11.7 Å². The second kappa shape index (κ2) is 10.0. The van der Waals surface area contributed by atoms with Gasteiger partial charge >= 0.3 is 0 Å². The number of pyridine rings is 1. The molecule has 0 amide bonds. The van der Waals surface area contributed by atoms with Gasteiger partial charge in [-0.2, -0.15) is 5.10 Å². The standard InChI is InChI=1S/C30H32F3N5O/c1-17-10-18(11-25(34)29(17)39)22-6-9-35-15-19(22)12-27-36-16-21-4-5-26(37-38(21)27)28-23(31)13-20(14-24(28)32)30(33)7-2-3-8-30/h4-6,9,13-18,25,29,39H,2-3,7-8,10-12,34H2,1H3/t17-,18+,25+,29-/m0/s1. The molecule has 0 aliphatic heterocycles. The van der Waals surface area contributed by atoms with Crippen molar-refractivity contribution in [3.05, 3.63) is 83.1 Å². The molecule has 2 aliphatic carbocycles. The van der Waals surface area contributed by atoms with E-state index in [1.165, 1.54) is 0 Å². The Bertz CT molecular complexity index is 1480. The Kier molecular flexibility index (Phi) is 6.67. The third-order valence-corrected chi connectivity index (χ3v) is 8.63. The lowest BCUT2D eigenvalue weighted by atomic mass is 9.74. The molecule has 1 aromatic carbocycles. The number of imidazole rings is 1. The predicted molar refractivity (Wildman–Crippen MR) is 142 cm³/mol. The molecular weight excluding hydrogens is 503 g/mol. The molecule has 2 saturated carbocycles. The number of nitrogens with zero attached hydrogens (tertiary/aromatic N) is 4. The lowest BCUT2D eigenvalue weighted by Crippen LogP contribution is -2.44. The van der Waals surface area contributed by atoms with E-state index in [0.717, 1.165) is 29.7 Å². The molecule has 3 heterocycles. The molecule has 204 valence electrons. The predicted octanol–water partition coefficient (Wildman–Crippen LogP) is 5.60. The zero-order valence-corrected chi connectivity index (χ0v) is 21.8. The maximum atomic E-state index is 15.2. The Balaban J connectivity index is 1.33. The molecular formula is C30H32F3N5O. The summed E-state index contributed by atoms with van der Waals surface area (Å²) in [6.45, 7) is 2.01. The van der Waals surface area contributed by atoms with Crippen molar-refractivity contribution in [2.75, 3.05) is 0 Å². The molecule has 2 fully saturated rings. The lowest BCUT2D eigenvalue weighted by molar-refractivity contribution is 0.0519. The number of aliphatic hydroxyl groups excluding tert-OH is 1. The molecule has 3 N–H and O–H groups in total. The Labute approximate surface area is 225 Å². The summed E-state index contributed by atoms with van der Waals surface area (Å²) in [5, 5.41) is 14.9. The third kappa shape index (κ3) is 4.72. The fourth-order valence-corrected chi connectivity index (χ4v) is 6.47. The fourth-order valence-electron chi connectivity index (χ4n) is 6.47. The number of aliphatic hydroxyl groups is 1. The highest BCUT2D eigenvalue weighted by Crippen LogP contribution is 2.44. The van der Waals surface area contributed by atoms with Gasteiger partial charge in [0.05, 0.1) is 29.1 Å². The van der Waals surface area contributed by atoms with Gasteiger partial charge in [-0.25, -0.2) is 22.7 Å². The number of hydrogen-bond acceptors (Lipinski definition) is 5. The van der Waals surface area contributed by atoms with E-state index in [0.29, 0.717) is 37.0 Å². The largest absolute Gasteiger partial charge is 0.391 e. The highest BCUT2D eigenvalue weighted by atomic mass is 19.1. The van der Waals surface area contributed by atoms with E-state index in [1.807, 2.05) is 13.0 Å². The normalized spacial score (nSPS) is 24.9. The first-order chi connectivity index (χ1) is 18.7. The maximum absolute atomic E-state index is 15.2. The summed E-state index contributed by atoms with van der Waals surface area (Å²) in [5.74, 6) is -0.816. The first kappa shape index (κ1) is 26.0. The van der Waals surface area contributed by atoms with Crippen LogP contribution in [0.2, 0.25) is 0 Å². The van der Waals surface area contributed by atoms with Gasteiger partial charge in [0.1, 0.15) is 23.1 Å². The molecule has 9 heteroatoms. The molecule has 0 radical (unpaired) electrons. The molecule has 0 unspecified atom stereocenters. The summed E-state index contributed by atoms with van der Waals surface area (Å²) < 4.78 is 47.3. The fraction of sp³-hybridized carbons (Fsp3) is 0.433. The second-order valence-electron chi connectivity index (χ2n) is 11.3. The van der Waals surface area contributed by atoms with Crippen molar-refractivity contribution in [3.8, 4) is 11.3 Å². The van der Waals surface area contributed by atoms with Gasteiger partial charge in [-0.05, 0) is 97.4 Å². The summed E-state index contributed by atoms with van der Waals surface area (Å²) in [5.41, 5.74) is 7.17. The number of aromatic nitrogens is 4. The zero-order chi connectivity index (χ0) is 27.3. The summed E-state index contributed by atoms with van der Waals surface area (Å²) in [7, 11) is 0. The first-order valence-corrected chi connectivity index (χ1v) is 13.6. The van der Waals surface area contributed by atoms with Gasteiger partial charge in [0, 0.05) is 24.9 Å². The SMILES string of the molecule is C[C@H]1C[C@@H](c2ccncc2Cc2ncc3ccc(-c4c(F)cc(C5(F)CCCC5)cc4F)nn23)C[C@@H](N)[C@H]1O. The van der Waals surface area contributed by atoms with Gasteiger partial charge in [0.15, 0.2) is 0 Å². The number of alkyl halides is 1. The quantitative estimate of drug-likeness (QED) is 0.347. The Morgan fingerprint density at radius 2 is 1.82 bits per heavy atom. The van der Waals surface area contributed by atoms with Gasteiger partial charge in [-0.15, -0.1) is 0 Å². The van der Waals surface area contributed by atoms with Crippen LogP contribution < -0.4 is 5.73 Å². The van der Waals surface area contributed by atoms with E-state index in [1.54, 1.807) is 35.2 Å². The maximum Gasteiger partial charge on any atom is 0.136 e. The van der Waals surface area contributed by atoms with E-state index < -0.39 is 23.4 Å². The molecule has 3 aromatic heterocycles. The minimum absolute atomic E-state index is 0.0523. The molecule has 6 rings (SSSR count). The van der Waals surface area contributed by atoms with Crippen LogP contribution in [0, 0.1) is 17.6 Å². The van der Waals surface area contributed by atoms with Crippen LogP contribution in [0.4, 0.5) is 13.2 Å². The molecule has 0 saturated heterocycles. The van der Waals surface area contributed by atoms with E-state index in [-0.39, 0.29) is 47.5 Å². The Morgan fingerprint density at radius 3 is 2.54 bits per heavy atom. The zero-order valence-electron chi connectivity index (χ0n) is 21.8. The highest BCUT2D eigenvalue weighted by molar-refractivity contribution is 5.63. The van der Waals surface area contributed by atoms with Crippen LogP contribution in [0.1, 0.15) is 73.9 Å². The summed E-state index contributed by atoms with van der Waals surface area (Å²) in [4.78, 5) is 8.87. The topological polar surface area (TPSA) is 89.3 Å². The molecule has 0 spiro atoms. The van der Waals surface area contributed by atoms with Crippen LogP contribution in [-0.4, -0.2) is 36.8 Å². The Hall–Kier alpha value is -3.30. The number of fused-ring (bicyclic) bond motifs is 1. The van der Waals surface area contributed by atoms with E-state index in [9.17, 15) is 5.11 Å². The molecule has 2 aliphatic rings. The van der Waals surface area contributed by atoms with Crippen molar-refractivity contribution >= 4 is 5.52 Å². The average Bonchev–Trinajstić information content (AvgIpc) is 3.54. The molecule has 6 nitrogen and oxygen atoms in total. The summed E-state index contributed by atoms with van der Waals surface area (Å²) in [6, 6.07) is 7.17. The third-order valence-electron chi connectivity index (χ3n) is 8.63. The first-order valence-electron chi connectivity index (χ1n) is 13.6. The van der Waals surface area contributed by atoms with Crippen LogP contribution in [-0.2, 0) is 12.1 Å². The van der Waals surface area contributed by atoms with Crippen LogP contribution in [0.25, 0.3) is 16.8 Å². The number of benzene rings is 1. The van der Waals surface area contributed by atoms with Crippen LogP contribution in [0.3, 0.4) is 0 Å². The van der Waals surface area contributed by atoms with E-state index in [4.69, 9.17) is 5.73 Å². The van der Waals surface area contributed by atoms with Crippen LogP contribution in [0.15, 0.2) is 48.9 Å². The minimum atomic E-state index is -1.69. The Morgan fingerprint density at radius 1 is 1.08 bits per heavy atom. The monoisotopic (exact) mass is 535 g/mol. The molecule has 0 bridgehead atoms. The minimum Gasteiger partial charge on any atom is -0.391 e. The van der Waals surface area contributed by atoms with Crippen LogP contribution in [0.5, 0.6) is 0 Å². The van der Waals surface area contributed by atoms with Crippen molar-refractivity contribution in [2.45, 2.75) is 75.6 Å². The van der Waals surface area contributed by atoms with Gasteiger partial charge in [0.25, 0.3) is 0 Å². The van der Waals surface area contributed by atoms with Crippen molar-refractivity contribution in [3.63, 3.8) is 0 Å². The molecule has 39 heavy (non-hydrogen) atoms. The summed E-state index contributed by atoms with van der Waals surface area (Å²) in [6.07, 6.45) is 8.55. The van der Waals surface area contributed by atoms with E-state index in [2.05, 4.69) is 15.1 Å². The lowest BCUT2D eigenvalue weighted by Gasteiger charge is -2.36. The highest BCUT2D eigenvalue weighted by Gasteiger charge is 2.37. The number of rotatable bonds is 5. The van der Waals surface area contributed by atoms with Gasteiger partial charge < -0.3 is 10.8 Å². The smallest absolute Gasteiger partial charge is 0.136 e. The van der Waals surface area contributed by atoms with Crippen LogP contribution >= 0.6 is 0 Å². The number of hydrogen-bond donors (Lipinski definition) is 2. The number of nitrogens with two attached hydrogens (primary N) is 1. The molecule has 4 aromatic rings. The number of halogens is 3. The van der Waals surface area contributed by atoms with Gasteiger partial charge in [-0.3, -0.25) is 4.98 Å². The van der Waals surface area contributed by atoms with Gasteiger partial charge in [0.2, 0.25) is 0 Å². The summed E-state index contributed by atoms with van der Waals surface area (Å²) >= 11 is 0. The molecule has 4 atom stereocenters. The van der Waals surface area contributed by atoms with Crippen molar-refractivity contribution < 1.29 is 18.3 Å². The average molecular weight is 536 g/mol.